The maximum atomic E-state index is 11.7. The Balaban J connectivity index is 2.05. The normalized spacial score (nSPS) is 14.7. The van der Waals surface area contributed by atoms with Crippen LogP contribution in [-0.2, 0) is 15.9 Å². The molecule has 2 rings (SSSR count). The first-order chi connectivity index (χ1) is 8.74. The summed E-state index contributed by atoms with van der Waals surface area (Å²) in [5, 5.41) is 0. The molecule has 0 amide bonds. The molecule has 1 aromatic carbocycles. The fourth-order valence-electron chi connectivity index (χ4n) is 2.11. The van der Waals surface area contributed by atoms with Gasteiger partial charge in [-0.3, -0.25) is 4.79 Å². The molecule has 0 heterocycles. The Morgan fingerprint density at radius 3 is 2.72 bits per heavy atom. The number of hydrogen-bond donors (Lipinski definition) is 0. The molecule has 4 nitrogen and oxygen atoms in total. The SMILES string of the molecule is COC(COc1ccc2c(c1)CCCC2=O)OC. The molecule has 0 atom stereocenters. The summed E-state index contributed by atoms with van der Waals surface area (Å²) >= 11 is 0. The van der Waals surface area contributed by atoms with Crippen molar-refractivity contribution in [2.24, 2.45) is 0 Å². The first kappa shape index (κ1) is 13.1. The molecule has 0 saturated heterocycles. The summed E-state index contributed by atoms with van der Waals surface area (Å²) in [5.41, 5.74) is 1.92. The van der Waals surface area contributed by atoms with Gasteiger partial charge in [-0.15, -0.1) is 0 Å². The molecule has 0 fully saturated rings. The third-order valence-corrected chi connectivity index (χ3v) is 3.14. The minimum absolute atomic E-state index is 0.231. The van der Waals surface area contributed by atoms with Gasteiger partial charge in [0.1, 0.15) is 12.4 Å². The number of benzene rings is 1. The molecule has 0 bridgehead atoms. The average Bonchev–Trinajstić information content (AvgIpc) is 2.40. The van der Waals surface area contributed by atoms with Gasteiger partial charge in [0.25, 0.3) is 0 Å². The van der Waals surface area contributed by atoms with Crippen molar-refractivity contribution in [2.45, 2.75) is 25.6 Å². The van der Waals surface area contributed by atoms with Crippen LogP contribution in [0, 0.1) is 0 Å². The molecule has 18 heavy (non-hydrogen) atoms. The lowest BCUT2D eigenvalue weighted by Gasteiger charge is -2.17. The summed E-state index contributed by atoms with van der Waals surface area (Å²) in [6, 6.07) is 5.61. The van der Waals surface area contributed by atoms with E-state index in [1.54, 1.807) is 14.2 Å². The van der Waals surface area contributed by atoms with Crippen LogP contribution in [0.1, 0.15) is 28.8 Å². The van der Waals surface area contributed by atoms with Gasteiger partial charge in [0.15, 0.2) is 12.1 Å². The van der Waals surface area contributed by atoms with Gasteiger partial charge in [0.05, 0.1) is 0 Å². The second-order valence-electron chi connectivity index (χ2n) is 4.31. The van der Waals surface area contributed by atoms with Gasteiger partial charge in [-0.25, -0.2) is 0 Å². The Morgan fingerprint density at radius 1 is 1.22 bits per heavy atom. The molecule has 1 aliphatic carbocycles. The van der Waals surface area contributed by atoms with Crippen molar-refractivity contribution in [1.29, 1.82) is 0 Å². The van der Waals surface area contributed by atoms with E-state index in [-0.39, 0.29) is 12.1 Å². The molecule has 0 unspecified atom stereocenters. The van der Waals surface area contributed by atoms with E-state index < -0.39 is 0 Å². The van der Waals surface area contributed by atoms with Crippen molar-refractivity contribution in [3.05, 3.63) is 29.3 Å². The van der Waals surface area contributed by atoms with Crippen molar-refractivity contribution in [3.63, 3.8) is 0 Å². The molecule has 0 saturated carbocycles. The molecule has 0 aliphatic heterocycles. The van der Waals surface area contributed by atoms with Crippen molar-refractivity contribution in [3.8, 4) is 5.75 Å². The van der Waals surface area contributed by atoms with Crippen LogP contribution in [0.2, 0.25) is 0 Å². The minimum atomic E-state index is -0.373. The Morgan fingerprint density at radius 2 is 2.00 bits per heavy atom. The van der Waals surface area contributed by atoms with Gasteiger partial charge < -0.3 is 14.2 Å². The standard InChI is InChI=1S/C14H18O4/c1-16-14(17-2)9-18-11-6-7-12-10(8-11)4-3-5-13(12)15/h6-8,14H,3-5,9H2,1-2H3. The van der Waals surface area contributed by atoms with Gasteiger partial charge in [-0.05, 0) is 36.6 Å². The van der Waals surface area contributed by atoms with E-state index in [1.165, 1.54) is 0 Å². The maximum absolute atomic E-state index is 11.7. The van der Waals surface area contributed by atoms with Crippen LogP contribution in [0.4, 0.5) is 0 Å². The lowest BCUT2D eigenvalue weighted by Crippen LogP contribution is -2.22. The molecular weight excluding hydrogens is 232 g/mol. The fraction of sp³-hybridized carbons (Fsp3) is 0.500. The highest BCUT2D eigenvalue weighted by Gasteiger charge is 2.17. The number of ketones is 1. The molecule has 1 aromatic rings. The van der Waals surface area contributed by atoms with Crippen LogP contribution < -0.4 is 4.74 Å². The van der Waals surface area contributed by atoms with Crippen LogP contribution in [0.5, 0.6) is 5.75 Å². The summed E-state index contributed by atoms with van der Waals surface area (Å²) in [5.74, 6) is 0.983. The predicted molar refractivity (Wildman–Crippen MR) is 67.0 cm³/mol. The van der Waals surface area contributed by atoms with Crippen molar-refractivity contribution >= 4 is 5.78 Å². The van der Waals surface area contributed by atoms with E-state index in [0.717, 1.165) is 29.7 Å². The van der Waals surface area contributed by atoms with Gasteiger partial charge in [0, 0.05) is 26.2 Å². The topological polar surface area (TPSA) is 44.8 Å². The monoisotopic (exact) mass is 250 g/mol. The van der Waals surface area contributed by atoms with Crippen LogP contribution in [-0.4, -0.2) is 32.9 Å². The summed E-state index contributed by atoms with van der Waals surface area (Å²) in [7, 11) is 3.14. The zero-order valence-electron chi connectivity index (χ0n) is 10.8. The second kappa shape index (κ2) is 5.98. The third kappa shape index (κ3) is 2.89. The van der Waals surface area contributed by atoms with E-state index in [1.807, 2.05) is 18.2 Å². The van der Waals surface area contributed by atoms with Gasteiger partial charge in [-0.1, -0.05) is 0 Å². The molecule has 0 radical (unpaired) electrons. The van der Waals surface area contributed by atoms with Crippen molar-refractivity contribution < 1.29 is 19.0 Å². The van der Waals surface area contributed by atoms with Crippen molar-refractivity contribution in [2.75, 3.05) is 20.8 Å². The first-order valence-corrected chi connectivity index (χ1v) is 6.09. The van der Waals surface area contributed by atoms with Crippen molar-refractivity contribution in [1.82, 2.24) is 0 Å². The summed E-state index contributed by atoms with van der Waals surface area (Å²) in [4.78, 5) is 11.7. The largest absolute Gasteiger partial charge is 0.488 e. The molecule has 98 valence electrons. The number of rotatable bonds is 5. The zero-order valence-corrected chi connectivity index (χ0v) is 10.8. The van der Waals surface area contributed by atoms with E-state index in [0.29, 0.717) is 13.0 Å². The van der Waals surface area contributed by atoms with E-state index in [2.05, 4.69) is 0 Å². The number of carbonyl (C=O) groups excluding carboxylic acids is 1. The van der Waals surface area contributed by atoms with Gasteiger partial charge in [-0.2, -0.15) is 0 Å². The summed E-state index contributed by atoms with van der Waals surface area (Å²) in [6.07, 6.45) is 2.15. The smallest absolute Gasteiger partial charge is 0.191 e. The van der Waals surface area contributed by atoms with Crippen LogP contribution >= 0.6 is 0 Å². The number of carbonyl (C=O) groups is 1. The molecule has 0 N–H and O–H groups in total. The quantitative estimate of drug-likeness (QED) is 0.751. The highest BCUT2D eigenvalue weighted by molar-refractivity contribution is 5.98. The average molecular weight is 250 g/mol. The Hall–Kier alpha value is -1.39. The lowest BCUT2D eigenvalue weighted by molar-refractivity contribution is -0.121. The summed E-state index contributed by atoms with van der Waals surface area (Å²) in [6.45, 7) is 0.333. The number of Topliss-reactive ketones (excluding diaryl/α,β-unsaturated/α-hetero) is 1. The van der Waals surface area contributed by atoms with E-state index in [4.69, 9.17) is 14.2 Å². The third-order valence-electron chi connectivity index (χ3n) is 3.14. The van der Waals surface area contributed by atoms with Gasteiger partial charge >= 0.3 is 0 Å². The fourth-order valence-corrected chi connectivity index (χ4v) is 2.11. The van der Waals surface area contributed by atoms with E-state index >= 15 is 0 Å². The highest BCUT2D eigenvalue weighted by atomic mass is 16.7. The Bertz CT molecular complexity index is 424. The molecule has 0 aromatic heterocycles. The first-order valence-electron chi connectivity index (χ1n) is 6.09. The zero-order chi connectivity index (χ0) is 13.0. The number of ether oxygens (including phenoxy) is 3. The van der Waals surface area contributed by atoms with Crippen LogP contribution in [0.3, 0.4) is 0 Å². The Labute approximate surface area is 107 Å². The molecular formula is C14H18O4. The second-order valence-corrected chi connectivity index (χ2v) is 4.31. The minimum Gasteiger partial charge on any atom is -0.488 e. The van der Waals surface area contributed by atoms with E-state index in [9.17, 15) is 4.79 Å². The Kier molecular flexibility index (Phi) is 4.33. The predicted octanol–water partition coefficient (Wildman–Crippen LogP) is 2.20. The number of aryl methyl sites for hydroxylation is 1. The molecule has 0 spiro atoms. The molecule has 4 heteroatoms. The summed E-state index contributed by atoms with van der Waals surface area (Å²) < 4.78 is 15.7. The highest BCUT2D eigenvalue weighted by Crippen LogP contribution is 2.25. The number of fused-ring (bicyclic) bond motifs is 1. The number of methoxy groups -OCH3 is 2. The maximum Gasteiger partial charge on any atom is 0.191 e. The van der Waals surface area contributed by atoms with Crippen LogP contribution in [0.15, 0.2) is 18.2 Å². The van der Waals surface area contributed by atoms with Gasteiger partial charge in [0.2, 0.25) is 0 Å². The molecule has 1 aliphatic rings. The number of hydrogen-bond acceptors (Lipinski definition) is 4. The van der Waals surface area contributed by atoms with Crippen LogP contribution in [0.25, 0.3) is 0 Å². The lowest BCUT2D eigenvalue weighted by atomic mass is 9.91.